The van der Waals surface area contributed by atoms with E-state index in [-0.39, 0.29) is 0 Å². The molecule has 0 fully saturated rings. The summed E-state index contributed by atoms with van der Waals surface area (Å²) in [5, 5.41) is 0. The van der Waals surface area contributed by atoms with E-state index in [1.165, 1.54) is 0 Å². The highest BCUT2D eigenvalue weighted by Crippen LogP contribution is 2.16. The molecule has 0 aliphatic heterocycles. The summed E-state index contributed by atoms with van der Waals surface area (Å²) >= 11 is 0. The molecular weight excluding hydrogens is 256 g/mol. The first-order chi connectivity index (χ1) is 10.3. The van der Waals surface area contributed by atoms with E-state index in [9.17, 15) is 0 Å². The third kappa shape index (κ3) is 4.44. The largest absolute Gasteiger partial charge is 0.497 e. The van der Waals surface area contributed by atoms with E-state index < -0.39 is 0 Å². The molecule has 0 radical (unpaired) electrons. The lowest BCUT2D eigenvalue weighted by atomic mass is 10.1. The molecule has 0 amide bonds. The van der Waals surface area contributed by atoms with E-state index in [0.29, 0.717) is 0 Å². The molecule has 0 atom stereocenters. The first-order valence-corrected chi connectivity index (χ1v) is 7.07. The molecule has 0 saturated heterocycles. The normalized spacial score (nSPS) is 9.05. The third-order valence-electron chi connectivity index (χ3n) is 2.94. The van der Waals surface area contributed by atoms with Crippen LogP contribution in [0.4, 0.5) is 0 Å². The fourth-order valence-electron chi connectivity index (χ4n) is 1.81. The van der Waals surface area contributed by atoms with Crippen molar-refractivity contribution in [1.82, 2.24) is 0 Å². The van der Waals surface area contributed by atoms with E-state index >= 15 is 0 Å². The smallest absolute Gasteiger partial charge is 0.120 e. The Morgan fingerprint density at radius 1 is 0.905 bits per heavy atom. The van der Waals surface area contributed by atoms with Gasteiger partial charge in [0, 0.05) is 23.1 Å². The van der Waals surface area contributed by atoms with Gasteiger partial charge in [-0.3, -0.25) is 0 Å². The lowest BCUT2D eigenvalue weighted by Crippen LogP contribution is -1.88. The molecule has 2 aromatic rings. The van der Waals surface area contributed by atoms with Crippen molar-refractivity contribution >= 4 is 0 Å². The van der Waals surface area contributed by atoms with Gasteiger partial charge in [0.05, 0.1) is 7.11 Å². The first kappa shape index (κ1) is 14.8. The van der Waals surface area contributed by atoms with Crippen LogP contribution in [0, 0.1) is 23.7 Å². The van der Waals surface area contributed by atoms with Gasteiger partial charge in [0.2, 0.25) is 0 Å². The predicted octanol–water partition coefficient (Wildman–Crippen LogP) is 4.25. The van der Waals surface area contributed by atoms with Crippen LogP contribution in [0.5, 0.6) is 5.75 Å². The molecule has 21 heavy (non-hydrogen) atoms. The van der Waals surface area contributed by atoms with Crippen molar-refractivity contribution in [3.05, 3.63) is 65.2 Å². The van der Waals surface area contributed by atoms with Crippen LogP contribution < -0.4 is 4.74 Å². The zero-order chi connectivity index (χ0) is 14.9. The fourth-order valence-corrected chi connectivity index (χ4v) is 1.81. The molecule has 0 heterocycles. The number of benzene rings is 2. The summed E-state index contributed by atoms with van der Waals surface area (Å²) in [6, 6.07) is 15.8. The van der Waals surface area contributed by atoms with Gasteiger partial charge in [0.15, 0.2) is 0 Å². The Hall–Kier alpha value is -2.64. The van der Waals surface area contributed by atoms with E-state index in [2.05, 4.69) is 30.6 Å². The van der Waals surface area contributed by atoms with Crippen LogP contribution in [-0.2, 0) is 0 Å². The first-order valence-electron chi connectivity index (χ1n) is 7.07. The fraction of sp³-hybridized carbons (Fsp3) is 0.200. The second-order valence-corrected chi connectivity index (χ2v) is 4.58. The van der Waals surface area contributed by atoms with Gasteiger partial charge in [-0.05, 0) is 36.8 Å². The lowest BCUT2D eigenvalue weighted by Gasteiger charge is -2.02. The maximum absolute atomic E-state index is 5.26. The minimum absolute atomic E-state index is 0.807. The molecule has 0 saturated carbocycles. The topological polar surface area (TPSA) is 9.23 Å². The Bertz CT molecular complexity index is 706. The Labute approximate surface area is 127 Å². The summed E-state index contributed by atoms with van der Waals surface area (Å²) in [4.78, 5) is 0. The molecular formula is C20H18O. The van der Waals surface area contributed by atoms with Crippen molar-refractivity contribution in [1.29, 1.82) is 0 Å². The SMILES string of the molecule is CCCC#Cc1cc(OC)ccc1C#Cc1ccccc1. The van der Waals surface area contributed by atoms with Crippen molar-refractivity contribution in [2.75, 3.05) is 7.11 Å². The van der Waals surface area contributed by atoms with E-state index in [1.807, 2.05) is 48.5 Å². The predicted molar refractivity (Wildman–Crippen MR) is 87.2 cm³/mol. The van der Waals surface area contributed by atoms with Gasteiger partial charge in [0.25, 0.3) is 0 Å². The number of methoxy groups -OCH3 is 1. The molecule has 1 nitrogen and oxygen atoms in total. The summed E-state index contributed by atoms with van der Waals surface area (Å²) in [7, 11) is 1.66. The minimum Gasteiger partial charge on any atom is -0.497 e. The molecule has 2 rings (SSSR count). The van der Waals surface area contributed by atoms with Crippen LogP contribution in [0.2, 0.25) is 0 Å². The minimum atomic E-state index is 0.807. The standard InChI is InChI=1S/C20H18O/c1-3-4-6-11-19-16-20(21-2)15-14-18(19)13-12-17-9-7-5-8-10-17/h5,7-10,14-16H,3-4H2,1-2H3. The van der Waals surface area contributed by atoms with E-state index in [0.717, 1.165) is 35.3 Å². The average Bonchev–Trinajstić information content (AvgIpc) is 2.54. The summed E-state index contributed by atoms with van der Waals surface area (Å²) in [6.45, 7) is 2.12. The number of unbranched alkanes of at least 4 members (excludes halogenated alkanes) is 1. The monoisotopic (exact) mass is 274 g/mol. The summed E-state index contributed by atoms with van der Waals surface area (Å²) < 4.78 is 5.26. The Morgan fingerprint density at radius 3 is 2.43 bits per heavy atom. The maximum atomic E-state index is 5.26. The van der Waals surface area contributed by atoms with Crippen molar-refractivity contribution in [2.45, 2.75) is 19.8 Å². The highest BCUT2D eigenvalue weighted by atomic mass is 16.5. The Morgan fingerprint density at radius 2 is 1.71 bits per heavy atom. The Balaban J connectivity index is 2.35. The number of ether oxygens (including phenoxy) is 1. The van der Waals surface area contributed by atoms with Crippen LogP contribution in [0.25, 0.3) is 0 Å². The molecule has 0 N–H and O–H groups in total. The molecule has 0 bridgehead atoms. The van der Waals surface area contributed by atoms with E-state index in [4.69, 9.17) is 4.74 Å². The van der Waals surface area contributed by atoms with E-state index in [1.54, 1.807) is 7.11 Å². The van der Waals surface area contributed by atoms with Crippen molar-refractivity contribution in [2.24, 2.45) is 0 Å². The van der Waals surface area contributed by atoms with Crippen LogP contribution in [-0.4, -0.2) is 7.11 Å². The molecule has 1 heteroatoms. The second-order valence-electron chi connectivity index (χ2n) is 4.58. The molecule has 0 aliphatic carbocycles. The number of hydrogen-bond donors (Lipinski definition) is 0. The molecule has 104 valence electrons. The van der Waals surface area contributed by atoms with Gasteiger partial charge in [-0.1, -0.05) is 48.8 Å². The second kappa shape index (κ2) is 7.83. The van der Waals surface area contributed by atoms with Crippen LogP contribution in [0.15, 0.2) is 48.5 Å². The van der Waals surface area contributed by atoms with Crippen LogP contribution >= 0.6 is 0 Å². The van der Waals surface area contributed by atoms with Gasteiger partial charge in [-0.2, -0.15) is 0 Å². The Kier molecular flexibility index (Phi) is 5.50. The van der Waals surface area contributed by atoms with Crippen LogP contribution in [0.1, 0.15) is 36.5 Å². The van der Waals surface area contributed by atoms with Crippen molar-refractivity contribution in [3.63, 3.8) is 0 Å². The van der Waals surface area contributed by atoms with Crippen molar-refractivity contribution < 1.29 is 4.74 Å². The molecule has 0 aromatic heterocycles. The van der Waals surface area contributed by atoms with Gasteiger partial charge >= 0.3 is 0 Å². The third-order valence-corrected chi connectivity index (χ3v) is 2.94. The molecule has 0 unspecified atom stereocenters. The highest BCUT2D eigenvalue weighted by molar-refractivity contribution is 5.55. The quantitative estimate of drug-likeness (QED) is 0.744. The van der Waals surface area contributed by atoms with Crippen molar-refractivity contribution in [3.8, 4) is 29.4 Å². The van der Waals surface area contributed by atoms with Gasteiger partial charge in [0.1, 0.15) is 5.75 Å². The molecule has 2 aromatic carbocycles. The molecule has 0 aliphatic rings. The zero-order valence-electron chi connectivity index (χ0n) is 12.4. The molecule has 0 spiro atoms. The summed E-state index contributed by atoms with van der Waals surface area (Å²) in [6.07, 6.45) is 1.95. The lowest BCUT2D eigenvalue weighted by molar-refractivity contribution is 0.414. The number of hydrogen-bond acceptors (Lipinski definition) is 1. The maximum Gasteiger partial charge on any atom is 0.120 e. The van der Waals surface area contributed by atoms with Gasteiger partial charge in [-0.25, -0.2) is 0 Å². The number of rotatable bonds is 2. The van der Waals surface area contributed by atoms with Crippen LogP contribution in [0.3, 0.4) is 0 Å². The van der Waals surface area contributed by atoms with Gasteiger partial charge in [-0.15, -0.1) is 0 Å². The summed E-state index contributed by atoms with van der Waals surface area (Å²) in [5.41, 5.74) is 2.86. The summed E-state index contributed by atoms with van der Waals surface area (Å²) in [5.74, 6) is 13.5. The zero-order valence-corrected chi connectivity index (χ0v) is 12.4. The average molecular weight is 274 g/mol. The van der Waals surface area contributed by atoms with Gasteiger partial charge < -0.3 is 4.74 Å². The highest BCUT2D eigenvalue weighted by Gasteiger charge is 1.99.